The molecule has 0 bridgehead atoms. The predicted octanol–water partition coefficient (Wildman–Crippen LogP) is 3.48. The average molecular weight is 375 g/mol. The number of hydrogen-bond donors (Lipinski definition) is 2. The van der Waals surface area contributed by atoms with E-state index in [-0.39, 0.29) is 5.75 Å². The number of hydrazone groups is 1. The van der Waals surface area contributed by atoms with Gasteiger partial charge in [0.25, 0.3) is 5.91 Å². The summed E-state index contributed by atoms with van der Waals surface area (Å²) in [7, 11) is 0. The lowest BCUT2D eigenvalue weighted by molar-refractivity contribution is 0.0951. The SMILES string of the molecule is C=CCOc1ccccc1C(=O)NN=Cc1cc(Br)ccc1O. The van der Waals surface area contributed by atoms with Gasteiger partial charge in [-0.1, -0.05) is 40.7 Å². The first-order valence-corrected chi connectivity index (χ1v) is 7.55. The molecular weight excluding hydrogens is 360 g/mol. The standard InChI is InChI=1S/C17H15BrN2O3/c1-2-9-23-16-6-4-3-5-14(16)17(22)20-19-11-12-10-13(18)7-8-15(12)21/h2-8,10-11,21H,1,9H2,(H,20,22). The largest absolute Gasteiger partial charge is 0.507 e. The Bertz CT molecular complexity index is 744. The van der Waals surface area contributed by atoms with Gasteiger partial charge in [-0.15, -0.1) is 0 Å². The normalized spacial score (nSPS) is 10.5. The second-order valence-electron chi connectivity index (χ2n) is 4.50. The molecule has 0 aliphatic heterocycles. The zero-order chi connectivity index (χ0) is 16.7. The molecule has 6 heteroatoms. The lowest BCUT2D eigenvalue weighted by Gasteiger charge is -2.08. The van der Waals surface area contributed by atoms with Crippen molar-refractivity contribution in [1.82, 2.24) is 5.43 Å². The summed E-state index contributed by atoms with van der Waals surface area (Å²) < 4.78 is 6.23. The quantitative estimate of drug-likeness (QED) is 0.461. The molecule has 0 aromatic heterocycles. The van der Waals surface area contributed by atoms with Crippen LogP contribution >= 0.6 is 15.9 Å². The molecule has 0 saturated heterocycles. The Hall–Kier alpha value is -2.60. The Balaban J connectivity index is 2.09. The van der Waals surface area contributed by atoms with Crippen LogP contribution in [0.15, 0.2) is 64.7 Å². The Morgan fingerprint density at radius 2 is 2.13 bits per heavy atom. The van der Waals surface area contributed by atoms with E-state index >= 15 is 0 Å². The molecule has 2 N–H and O–H groups in total. The first-order chi connectivity index (χ1) is 11.1. The van der Waals surface area contributed by atoms with Crippen molar-refractivity contribution in [3.8, 4) is 11.5 Å². The van der Waals surface area contributed by atoms with Crippen molar-refractivity contribution in [1.29, 1.82) is 0 Å². The molecule has 0 heterocycles. The third kappa shape index (κ3) is 4.69. The zero-order valence-electron chi connectivity index (χ0n) is 12.2. The van der Waals surface area contributed by atoms with Crippen LogP contribution in [0.4, 0.5) is 0 Å². The van der Waals surface area contributed by atoms with Gasteiger partial charge < -0.3 is 9.84 Å². The van der Waals surface area contributed by atoms with Gasteiger partial charge in [0.1, 0.15) is 18.1 Å². The van der Waals surface area contributed by atoms with Gasteiger partial charge >= 0.3 is 0 Å². The van der Waals surface area contributed by atoms with Gasteiger partial charge in [0.05, 0.1) is 11.8 Å². The molecule has 0 atom stereocenters. The fourth-order valence-corrected chi connectivity index (χ4v) is 2.16. The molecule has 2 aromatic carbocycles. The van der Waals surface area contributed by atoms with Gasteiger partial charge in [-0.2, -0.15) is 5.10 Å². The number of rotatable bonds is 6. The van der Waals surface area contributed by atoms with Crippen LogP contribution < -0.4 is 10.2 Å². The number of carbonyl (C=O) groups is 1. The summed E-state index contributed by atoms with van der Waals surface area (Å²) in [5, 5.41) is 13.6. The summed E-state index contributed by atoms with van der Waals surface area (Å²) in [5.74, 6) is 0.113. The summed E-state index contributed by atoms with van der Waals surface area (Å²) in [6, 6.07) is 11.8. The van der Waals surface area contributed by atoms with Gasteiger partial charge in [-0.25, -0.2) is 5.43 Å². The molecule has 0 saturated carbocycles. The van der Waals surface area contributed by atoms with Crippen molar-refractivity contribution in [2.45, 2.75) is 0 Å². The van der Waals surface area contributed by atoms with Gasteiger partial charge in [0, 0.05) is 10.0 Å². The van der Waals surface area contributed by atoms with E-state index in [0.29, 0.717) is 23.5 Å². The first-order valence-electron chi connectivity index (χ1n) is 6.76. The van der Waals surface area contributed by atoms with Crippen LogP contribution in [0.2, 0.25) is 0 Å². The Morgan fingerprint density at radius 3 is 2.91 bits per heavy atom. The Kier molecular flexibility index (Phi) is 5.94. The molecule has 2 rings (SSSR count). The maximum atomic E-state index is 12.2. The highest BCUT2D eigenvalue weighted by molar-refractivity contribution is 9.10. The summed E-state index contributed by atoms with van der Waals surface area (Å²) in [6.07, 6.45) is 2.97. The number of ether oxygens (including phenoxy) is 1. The number of para-hydroxylation sites is 1. The van der Waals surface area contributed by atoms with E-state index in [1.54, 1.807) is 42.5 Å². The summed E-state index contributed by atoms with van der Waals surface area (Å²) in [5.41, 5.74) is 3.26. The average Bonchev–Trinajstić information content (AvgIpc) is 2.56. The molecule has 1 amide bonds. The van der Waals surface area contributed by atoms with E-state index in [1.165, 1.54) is 12.3 Å². The predicted molar refractivity (Wildman–Crippen MR) is 93.0 cm³/mol. The second-order valence-corrected chi connectivity index (χ2v) is 5.41. The Morgan fingerprint density at radius 1 is 1.35 bits per heavy atom. The molecule has 118 valence electrons. The van der Waals surface area contributed by atoms with Crippen molar-refractivity contribution in [3.05, 3.63) is 70.7 Å². The van der Waals surface area contributed by atoms with E-state index in [0.717, 1.165) is 4.47 Å². The highest BCUT2D eigenvalue weighted by Crippen LogP contribution is 2.20. The molecule has 5 nitrogen and oxygen atoms in total. The van der Waals surface area contributed by atoms with Crippen LogP contribution in [-0.2, 0) is 0 Å². The van der Waals surface area contributed by atoms with Gasteiger partial charge in [0.2, 0.25) is 0 Å². The summed E-state index contributed by atoms with van der Waals surface area (Å²) in [6.45, 7) is 3.88. The molecular formula is C17H15BrN2O3. The van der Waals surface area contributed by atoms with E-state index in [9.17, 15) is 9.90 Å². The number of amides is 1. The van der Waals surface area contributed by atoms with Crippen LogP contribution in [0.1, 0.15) is 15.9 Å². The van der Waals surface area contributed by atoms with Crippen molar-refractivity contribution in [3.63, 3.8) is 0 Å². The zero-order valence-corrected chi connectivity index (χ0v) is 13.8. The third-order valence-electron chi connectivity index (χ3n) is 2.85. The van der Waals surface area contributed by atoms with Crippen LogP contribution in [-0.4, -0.2) is 23.8 Å². The fourth-order valence-electron chi connectivity index (χ4n) is 1.78. The lowest BCUT2D eigenvalue weighted by Crippen LogP contribution is -2.18. The number of benzene rings is 2. The highest BCUT2D eigenvalue weighted by atomic mass is 79.9. The smallest absolute Gasteiger partial charge is 0.275 e. The van der Waals surface area contributed by atoms with Crippen molar-refractivity contribution < 1.29 is 14.6 Å². The minimum absolute atomic E-state index is 0.0703. The molecule has 0 radical (unpaired) electrons. The number of nitrogens with one attached hydrogen (secondary N) is 1. The minimum Gasteiger partial charge on any atom is -0.507 e. The van der Waals surface area contributed by atoms with Crippen LogP contribution in [0.25, 0.3) is 0 Å². The number of phenolic OH excluding ortho intramolecular Hbond substituents is 1. The maximum Gasteiger partial charge on any atom is 0.275 e. The monoisotopic (exact) mass is 374 g/mol. The number of hydrogen-bond acceptors (Lipinski definition) is 4. The molecule has 0 unspecified atom stereocenters. The van der Waals surface area contributed by atoms with Gasteiger partial charge in [-0.05, 0) is 30.3 Å². The summed E-state index contributed by atoms with van der Waals surface area (Å²) in [4.78, 5) is 12.2. The van der Waals surface area contributed by atoms with Crippen molar-refractivity contribution >= 4 is 28.1 Å². The molecule has 23 heavy (non-hydrogen) atoms. The molecule has 2 aromatic rings. The van der Waals surface area contributed by atoms with Crippen LogP contribution in [0, 0.1) is 0 Å². The number of phenols is 1. The minimum atomic E-state index is -0.407. The first kappa shape index (κ1) is 16.8. The molecule has 0 aliphatic rings. The number of aromatic hydroxyl groups is 1. The molecule has 0 aliphatic carbocycles. The van der Waals surface area contributed by atoms with Gasteiger partial charge in [-0.3, -0.25) is 4.79 Å². The van der Waals surface area contributed by atoms with Crippen LogP contribution in [0.5, 0.6) is 11.5 Å². The van der Waals surface area contributed by atoms with E-state index in [4.69, 9.17) is 4.74 Å². The lowest BCUT2D eigenvalue weighted by atomic mass is 10.2. The number of nitrogens with zero attached hydrogens (tertiary/aromatic N) is 1. The highest BCUT2D eigenvalue weighted by Gasteiger charge is 2.10. The molecule has 0 fully saturated rings. The van der Waals surface area contributed by atoms with Crippen molar-refractivity contribution in [2.75, 3.05) is 6.61 Å². The second kappa shape index (κ2) is 8.14. The Labute approximate surface area is 142 Å². The van der Waals surface area contributed by atoms with Gasteiger partial charge in [0.15, 0.2) is 0 Å². The molecule has 0 spiro atoms. The van der Waals surface area contributed by atoms with Crippen molar-refractivity contribution in [2.24, 2.45) is 5.10 Å². The van der Waals surface area contributed by atoms with Crippen LogP contribution in [0.3, 0.4) is 0 Å². The van der Waals surface area contributed by atoms with E-state index in [1.807, 2.05) is 0 Å². The summed E-state index contributed by atoms with van der Waals surface area (Å²) >= 11 is 3.30. The fraction of sp³-hybridized carbons (Fsp3) is 0.0588. The van der Waals surface area contributed by atoms with E-state index < -0.39 is 5.91 Å². The number of halogens is 1. The topological polar surface area (TPSA) is 70.9 Å². The van der Waals surface area contributed by atoms with E-state index in [2.05, 4.69) is 33.0 Å². The number of carbonyl (C=O) groups excluding carboxylic acids is 1. The third-order valence-corrected chi connectivity index (χ3v) is 3.34. The maximum absolute atomic E-state index is 12.2.